The molecule has 156 valence electrons. The number of likely N-dealkylation sites (N-methyl/N-ethyl adjacent to an activating group) is 1. The summed E-state index contributed by atoms with van der Waals surface area (Å²) in [6.45, 7) is 7.66. The minimum atomic E-state index is -0.145. The highest BCUT2D eigenvalue weighted by atomic mass is 16.3. The molecule has 4 fully saturated rings. The Morgan fingerprint density at radius 2 is 1.52 bits per heavy atom. The van der Waals surface area contributed by atoms with E-state index in [1.807, 2.05) is 7.05 Å². The van der Waals surface area contributed by atoms with E-state index in [9.17, 15) is 5.11 Å². The summed E-state index contributed by atoms with van der Waals surface area (Å²) >= 11 is 0. The van der Waals surface area contributed by atoms with Gasteiger partial charge in [0.05, 0.1) is 6.10 Å². The van der Waals surface area contributed by atoms with E-state index < -0.39 is 0 Å². The maximum Gasteiger partial charge on any atom is 0.0726 e. The van der Waals surface area contributed by atoms with Gasteiger partial charge in [0.1, 0.15) is 0 Å². The molecular formula is C24H44N2O. The lowest BCUT2D eigenvalue weighted by molar-refractivity contribution is -0.152. The lowest BCUT2D eigenvalue weighted by Gasteiger charge is -2.62. The highest BCUT2D eigenvalue weighted by Gasteiger charge is 2.62. The van der Waals surface area contributed by atoms with Gasteiger partial charge in [-0.25, -0.2) is 0 Å². The van der Waals surface area contributed by atoms with Gasteiger partial charge in [0.2, 0.25) is 0 Å². The van der Waals surface area contributed by atoms with Crippen LogP contribution in [0, 0.1) is 40.4 Å². The minimum Gasteiger partial charge on any atom is -0.391 e. The Hall–Kier alpha value is -0.120. The molecule has 4 rings (SSSR count). The highest BCUT2D eigenvalue weighted by molar-refractivity contribution is 5.12. The Bertz CT molecular complexity index is 550. The first-order valence-electron chi connectivity index (χ1n) is 11.8. The van der Waals surface area contributed by atoms with Crippen LogP contribution in [-0.4, -0.2) is 49.3 Å². The number of hydrogen-bond acceptors (Lipinski definition) is 3. The van der Waals surface area contributed by atoms with Crippen molar-refractivity contribution in [1.82, 2.24) is 10.2 Å². The average molecular weight is 377 g/mol. The molecule has 0 amide bonds. The molecule has 27 heavy (non-hydrogen) atoms. The summed E-state index contributed by atoms with van der Waals surface area (Å²) in [4.78, 5) is 2.46. The van der Waals surface area contributed by atoms with E-state index in [4.69, 9.17) is 0 Å². The fraction of sp³-hybridized carbons (Fsp3) is 1.00. The monoisotopic (exact) mass is 376 g/mol. The second-order valence-corrected chi connectivity index (χ2v) is 11.4. The van der Waals surface area contributed by atoms with Crippen LogP contribution in [0.3, 0.4) is 0 Å². The molecule has 0 heterocycles. The van der Waals surface area contributed by atoms with Gasteiger partial charge in [0.25, 0.3) is 0 Å². The van der Waals surface area contributed by atoms with Crippen molar-refractivity contribution in [1.29, 1.82) is 0 Å². The normalized spacial score (nSPS) is 53.6. The third kappa shape index (κ3) is 2.86. The maximum absolute atomic E-state index is 11.1. The van der Waals surface area contributed by atoms with Crippen molar-refractivity contribution >= 4 is 0 Å². The molecule has 3 nitrogen and oxygen atoms in total. The third-order valence-electron chi connectivity index (χ3n) is 10.6. The largest absolute Gasteiger partial charge is 0.391 e. The number of aliphatic hydroxyl groups is 1. The van der Waals surface area contributed by atoms with Crippen LogP contribution in [-0.2, 0) is 0 Å². The predicted octanol–water partition coefficient (Wildman–Crippen LogP) is 4.15. The quantitative estimate of drug-likeness (QED) is 0.776. The van der Waals surface area contributed by atoms with Crippen molar-refractivity contribution in [3.63, 3.8) is 0 Å². The minimum absolute atomic E-state index is 0.145. The first-order valence-corrected chi connectivity index (χ1v) is 11.8. The standard InChI is InChI=1S/C24H44N2O/c1-15(26(5)6)17-9-10-18-16-7-8-20-22(27)21(25-4)12-14-24(20,3)19(16)11-13-23(17,18)2/h15-22,25,27H,7-14H2,1-6H3. The molecule has 0 spiro atoms. The van der Waals surface area contributed by atoms with Gasteiger partial charge in [-0.3, -0.25) is 0 Å². The summed E-state index contributed by atoms with van der Waals surface area (Å²) < 4.78 is 0. The zero-order valence-electron chi connectivity index (χ0n) is 18.7. The molecule has 10 atom stereocenters. The molecule has 0 saturated heterocycles. The van der Waals surface area contributed by atoms with E-state index >= 15 is 0 Å². The molecule has 3 heteroatoms. The van der Waals surface area contributed by atoms with Crippen molar-refractivity contribution in [3.05, 3.63) is 0 Å². The van der Waals surface area contributed by atoms with Crippen LogP contribution in [0.1, 0.15) is 72.1 Å². The van der Waals surface area contributed by atoms with Gasteiger partial charge in [-0.05, 0) is 120 Å². The molecule has 0 aromatic heterocycles. The summed E-state index contributed by atoms with van der Waals surface area (Å²) in [6.07, 6.45) is 10.6. The van der Waals surface area contributed by atoms with Gasteiger partial charge in [0.15, 0.2) is 0 Å². The second kappa shape index (κ2) is 6.99. The number of hydrogen-bond donors (Lipinski definition) is 2. The number of rotatable bonds is 3. The summed E-state index contributed by atoms with van der Waals surface area (Å²) in [7, 11) is 6.56. The lowest BCUT2D eigenvalue weighted by atomic mass is 9.44. The highest BCUT2D eigenvalue weighted by Crippen LogP contribution is 2.67. The summed E-state index contributed by atoms with van der Waals surface area (Å²) in [5.41, 5.74) is 0.900. The Balaban J connectivity index is 1.58. The molecule has 0 radical (unpaired) electrons. The van der Waals surface area contributed by atoms with Gasteiger partial charge >= 0.3 is 0 Å². The van der Waals surface area contributed by atoms with E-state index in [1.165, 1.54) is 44.9 Å². The summed E-state index contributed by atoms with van der Waals surface area (Å²) in [6, 6.07) is 1.00. The van der Waals surface area contributed by atoms with Crippen molar-refractivity contribution in [2.24, 2.45) is 40.4 Å². The molecule has 0 aromatic carbocycles. The number of nitrogens with one attached hydrogen (secondary N) is 1. The SMILES string of the molecule is CNC1CCC2(C)C(CCC3C2CCC2(C)C3CCC2C(C)N(C)C)C1O. The van der Waals surface area contributed by atoms with Crippen molar-refractivity contribution in [2.45, 2.75) is 90.3 Å². The molecule has 0 aromatic rings. The van der Waals surface area contributed by atoms with Crippen LogP contribution in [0.15, 0.2) is 0 Å². The first-order chi connectivity index (χ1) is 12.7. The zero-order valence-corrected chi connectivity index (χ0v) is 18.7. The van der Waals surface area contributed by atoms with Gasteiger partial charge in [0, 0.05) is 12.1 Å². The van der Waals surface area contributed by atoms with Crippen LogP contribution in [0.4, 0.5) is 0 Å². The first kappa shape index (κ1) is 20.2. The molecule has 10 unspecified atom stereocenters. The average Bonchev–Trinajstić information content (AvgIpc) is 2.98. The van der Waals surface area contributed by atoms with Crippen LogP contribution in [0.5, 0.6) is 0 Å². The zero-order chi connectivity index (χ0) is 19.6. The van der Waals surface area contributed by atoms with Crippen molar-refractivity contribution in [2.75, 3.05) is 21.1 Å². The van der Waals surface area contributed by atoms with E-state index in [0.717, 1.165) is 30.1 Å². The van der Waals surface area contributed by atoms with Gasteiger partial charge in [-0.1, -0.05) is 13.8 Å². The molecule has 0 aliphatic heterocycles. The second-order valence-electron chi connectivity index (χ2n) is 11.4. The smallest absolute Gasteiger partial charge is 0.0726 e. The van der Waals surface area contributed by atoms with Crippen LogP contribution < -0.4 is 5.32 Å². The maximum atomic E-state index is 11.1. The Morgan fingerprint density at radius 1 is 0.889 bits per heavy atom. The molecule has 4 saturated carbocycles. The van der Waals surface area contributed by atoms with Gasteiger partial charge in [-0.15, -0.1) is 0 Å². The van der Waals surface area contributed by atoms with E-state index in [2.05, 4.69) is 45.1 Å². The molecule has 4 aliphatic rings. The Morgan fingerprint density at radius 3 is 2.19 bits per heavy atom. The number of aliphatic hydroxyl groups excluding tert-OH is 1. The third-order valence-corrected chi connectivity index (χ3v) is 10.6. The van der Waals surface area contributed by atoms with Crippen LogP contribution in [0.2, 0.25) is 0 Å². The number of nitrogens with zero attached hydrogens (tertiary/aromatic N) is 1. The van der Waals surface area contributed by atoms with Gasteiger partial charge in [-0.2, -0.15) is 0 Å². The molecule has 0 bridgehead atoms. The van der Waals surface area contributed by atoms with Gasteiger partial charge < -0.3 is 15.3 Å². The molecular weight excluding hydrogens is 332 g/mol. The lowest BCUT2D eigenvalue weighted by Crippen LogP contribution is -2.60. The summed E-state index contributed by atoms with van der Waals surface area (Å²) in [5.74, 6) is 4.03. The van der Waals surface area contributed by atoms with Crippen LogP contribution in [0.25, 0.3) is 0 Å². The van der Waals surface area contributed by atoms with Crippen molar-refractivity contribution < 1.29 is 5.11 Å². The Labute approximate surface area is 167 Å². The number of fused-ring (bicyclic) bond motifs is 5. The van der Waals surface area contributed by atoms with E-state index in [1.54, 1.807) is 0 Å². The summed E-state index contributed by atoms with van der Waals surface area (Å²) in [5, 5.41) is 14.5. The fourth-order valence-corrected chi connectivity index (χ4v) is 8.84. The molecule has 4 aliphatic carbocycles. The van der Waals surface area contributed by atoms with E-state index in [0.29, 0.717) is 28.8 Å². The predicted molar refractivity (Wildman–Crippen MR) is 113 cm³/mol. The molecule has 2 N–H and O–H groups in total. The van der Waals surface area contributed by atoms with Crippen molar-refractivity contribution in [3.8, 4) is 0 Å². The van der Waals surface area contributed by atoms with E-state index in [-0.39, 0.29) is 6.10 Å². The topological polar surface area (TPSA) is 35.5 Å². The van der Waals surface area contributed by atoms with Crippen LogP contribution >= 0.6 is 0 Å². The fourth-order valence-electron chi connectivity index (χ4n) is 8.84. The Kier molecular flexibility index (Phi) is 5.22.